The molecular weight excluding hydrogens is 1110 g/mol. The summed E-state index contributed by atoms with van der Waals surface area (Å²) >= 11 is 0. The number of nitrogens with zero attached hydrogens (tertiary/aromatic N) is 3. The van der Waals surface area contributed by atoms with Crippen LogP contribution in [0.1, 0.15) is 164 Å². The standard InChI is InChI=1S/C73H101N3O12/c1-45-30-32-70(10)56(68(45,6)7)31-33-72(12)57(70)29-28-51-52-38-67(4,5)34-36-73(52,37-35-71(51,72)11)66(77)86-65-60(46(2)58(75-76-74)53(83-65)42-78-39-48-22-16-13-17-23-48)85-64-62-61(87-69(8,9)88-62)55(44-82-64)84-63-47(3)59(80-41-50-26-20-15-21-27-50)54(43-81-63)79-40-49-24-18-14-19-25-49/h13-28,45-47,52-65H,29-44H2,1-12H3/t45-,46?,47?,52?,53-,54?,55?,56-,57?,58?,59?,60?,61?,62?,63-,64-,65-,70?,71+,72-,73?/m0/s1. The molecule has 4 aliphatic heterocycles. The maximum atomic E-state index is 16.1. The molecule has 480 valence electrons. The SMILES string of the molecule is CC1C(O[C@@H]2OCC(O[C@@H]3OCC(OCc4ccccc4)C(OCc4ccccc4)C3C)C3OC(C)(C)OC32)[C@H](OC(=O)C23CCC(C)(C)CC2C2=CCC4C5(C)CC[C@H](C)C(C)(C)[C@@H]5CC[C@]4(C)[C@]2(C)CC3)O[C@@H](COCc2ccccc2)C1N=[N+]=[N-]. The lowest BCUT2D eigenvalue weighted by Crippen LogP contribution is -2.65. The number of fused-ring (bicyclic) bond motifs is 8. The Labute approximate surface area is 523 Å². The quantitative estimate of drug-likeness (QED) is 0.0413. The van der Waals surface area contributed by atoms with E-state index in [1.165, 1.54) is 31.3 Å². The van der Waals surface area contributed by atoms with Crippen molar-refractivity contribution in [2.24, 2.45) is 73.1 Å². The summed E-state index contributed by atoms with van der Waals surface area (Å²) in [6.45, 7) is 29.5. The highest BCUT2D eigenvalue weighted by atomic mass is 16.8. The van der Waals surface area contributed by atoms with Gasteiger partial charge in [0.05, 0.1) is 63.3 Å². The van der Waals surface area contributed by atoms with Crippen molar-refractivity contribution in [3.63, 3.8) is 0 Å². The van der Waals surface area contributed by atoms with Gasteiger partial charge in [0, 0.05) is 10.8 Å². The van der Waals surface area contributed by atoms with Gasteiger partial charge in [-0.3, -0.25) is 4.79 Å². The number of azide groups is 1. The van der Waals surface area contributed by atoms with Gasteiger partial charge in [0.2, 0.25) is 6.29 Å². The largest absolute Gasteiger partial charge is 0.432 e. The predicted octanol–water partition coefficient (Wildman–Crippen LogP) is 15.0. The van der Waals surface area contributed by atoms with Gasteiger partial charge in [0.15, 0.2) is 18.4 Å². The molecule has 15 heteroatoms. The Kier molecular flexibility index (Phi) is 18.2. The molecule has 0 radical (unpaired) electrons. The molecular formula is C73H101N3O12. The topological polar surface area (TPSA) is 167 Å². The lowest BCUT2D eigenvalue weighted by molar-refractivity contribution is -0.341. The number of carbonyl (C=O) groups excluding carboxylic acids is 1. The average molecular weight is 1210 g/mol. The number of rotatable bonds is 17. The lowest BCUT2D eigenvalue weighted by atomic mass is 9.33. The van der Waals surface area contributed by atoms with Crippen molar-refractivity contribution >= 4 is 5.97 Å². The molecule has 8 fully saturated rings. The second kappa shape index (κ2) is 25.0. The Hall–Kier alpha value is -4.22. The molecule has 0 amide bonds. The summed E-state index contributed by atoms with van der Waals surface area (Å²) in [6.07, 6.45) is 5.33. The number of benzene rings is 3. The minimum Gasteiger partial charge on any atom is -0.432 e. The van der Waals surface area contributed by atoms with E-state index in [1.54, 1.807) is 0 Å². The van der Waals surface area contributed by atoms with E-state index in [0.717, 1.165) is 48.8 Å². The number of ether oxygens (including phenoxy) is 11. The van der Waals surface area contributed by atoms with Crippen molar-refractivity contribution in [3.8, 4) is 0 Å². The zero-order valence-corrected chi connectivity index (χ0v) is 54.6. The van der Waals surface area contributed by atoms with Crippen LogP contribution in [0.2, 0.25) is 0 Å². The first-order valence-corrected chi connectivity index (χ1v) is 33.4. The van der Waals surface area contributed by atoms with Crippen LogP contribution < -0.4 is 0 Å². The first kappa shape index (κ1) is 63.9. The van der Waals surface area contributed by atoms with Gasteiger partial charge in [-0.15, -0.1) is 0 Å². The van der Waals surface area contributed by atoms with Gasteiger partial charge in [0.1, 0.15) is 30.5 Å². The van der Waals surface area contributed by atoms with E-state index >= 15 is 4.79 Å². The maximum absolute atomic E-state index is 16.1. The van der Waals surface area contributed by atoms with E-state index in [1.807, 2.05) is 99.6 Å². The van der Waals surface area contributed by atoms with Gasteiger partial charge in [-0.2, -0.15) is 0 Å². The second-order valence-corrected chi connectivity index (χ2v) is 30.8. The van der Waals surface area contributed by atoms with Crippen molar-refractivity contribution in [2.75, 3.05) is 19.8 Å². The van der Waals surface area contributed by atoms with Gasteiger partial charge in [-0.25, -0.2) is 0 Å². The smallest absolute Gasteiger partial charge is 0.315 e. The molecule has 4 saturated carbocycles. The average Bonchev–Trinajstić information content (AvgIpc) is 0.785. The minimum absolute atomic E-state index is 0.00477. The third-order valence-electron chi connectivity index (χ3n) is 24.6. The normalized spacial score (nSPS) is 42.2. The first-order chi connectivity index (χ1) is 42.0. The number of carbonyl (C=O) groups is 1. The van der Waals surface area contributed by atoms with Gasteiger partial charge in [-0.1, -0.05) is 177 Å². The van der Waals surface area contributed by atoms with E-state index < -0.39 is 72.6 Å². The zero-order valence-electron chi connectivity index (χ0n) is 54.6. The van der Waals surface area contributed by atoms with Crippen LogP contribution >= 0.6 is 0 Å². The number of allylic oxidation sites excluding steroid dienone is 2. The van der Waals surface area contributed by atoms with Crippen molar-refractivity contribution in [1.82, 2.24) is 0 Å². The Morgan fingerprint density at radius 3 is 1.95 bits per heavy atom. The minimum atomic E-state index is -1.22. The van der Waals surface area contributed by atoms with Gasteiger partial charge in [0.25, 0.3) is 0 Å². The van der Waals surface area contributed by atoms with E-state index in [0.29, 0.717) is 49.4 Å². The van der Waals surface area contributed by atoms with Crippen LogP contribution in [0.25, 0.3) is 10.4 Å². The van der Waals surface area contributed by atoms with Crippen LogP contribution in [0.15, 0.2) is 108 Å². The lowest BCUT2D eigenvalue weighted by Gasteiger charge is -2.71. The third kappa shape index (κ3) is 11.9. The molecule has 15 nitrogen and oxygen atoms in total. The first-order valence-electron chi connectivity index (χ1n) is 33.4. The molecule has 5 aliphatic carbocycles. The van der Waals surface area contributed by atoms with E-state index in [2.05, 4.69) is 90.5 Å². The molecule has 0 N–H and O–H groups in total. The predicted molar refractivity (Wildman–Crippen MR) is 333 cm³/mol. The fraction of sp³-hybridized carbons (Fsp3) is 0.712. The molecule has 0 aromatic heterocycles. The molecule has 4 saturated heterocycles. The van der Waals surface area contributed by atoms with Crippen LogP contribution in [0.3, 0.4) is 0 Å². The van der Waals surface area contributed by atoms with Crippen molar-refractivity contribution in [1.29, 1.82) is 0 Å². The molecule has 4 heterocycles. The van der Waals surface area contributed by atoms with Crippen LogP contribution in [0.5, 0.6) is 0 Å². The fourth-order valence-corrected chi connectivity index (χ4v) is 18.9. The molecule has 21 atom stereocenters. The summed E-state index contributed by atoms with van der Waals surface area (Å²) in [5, 5.41) is 4.37. The van der Waals surface area contributed by atoms with Gasteiger partial charge >= 0.3 is 5.97 Å². The van der Waals surface area contributed by atoms with E-state index in [-0.39, 0.29) is 71.5 Å². The van der Waals surface area contributed by atoms with Crippen LogP contribution in [-0.2, 0) is 76.7 Å². The maximum Gasteiger partial charge on any atom is 0.315 e. The summed E-state index contributed by atoms with van der Waals surface area (Å²) < 4.78 is 74.7. The zero-order chi connectivity index (χ0) is 62.0. The van der Waals surface area contributed by atoms with Gasteiger partial charge in [-0.05, 0) is 157 Å². The molecule has 88 heavy (non-hydrogen) atoms. The summed E-state index contributed by atoms with van der Waals surface area (Å²) in [4.78, 5) is 19.5. The number of esters is 1. The Bertz CT molecular complexity index is 2980. The van der Waals surface area contributed by atoms with E-state index in [9.17, 15) is 5.53 Å². The van der Waals surface area contributed by atoms with Crippen LogP contribution in [-0.4, -0.2) is 99.2 Å². The summed E-state index contributed by atoms with van der Waals surface area (Å²) in [7, 11) is 0. The van der Waals surface area contributed by atoms with Crippen LogP contribution in [0, 0.1) is 68.0 Å². The highest BCUT2D eigenvalue weighted by Gasteiger charge is 2.70. The Morgan fingerprint density at radius 1 is 0.648 bits per heavy atom. The summed E-state index contributed by atoms with van der Waals surface area (Å²) in [5.74, 6) is -0.163. The highest BCUT2D eigenvalue weighted by molar-refractivity contribution is 5.79. The molecule has 12 rings (SSSR count). The van der Waals surface area contributed by atoms with Crippen molar-refractivity contribution < 1.29 is 56.9 Å². The Morgan fingerprint density at radius 2 is 1.27 bits per heavy atom. The molecule has 3 aromatic rings. The number of hydrogen-bond donors (Lipinski definition) is 0. The highest BCUT2D eigenvalue weighted by Crippen LogP contribution is 2.76. The molecule has 0 bridgehead atoms. The molecule has 9 aliphatic rings. The third-order valence-corrected chi connectivity index (χ3v) is 24.6. The van der Waals surface area contributed by atoms with Gasteiger partial charge < -0.3 is 52.1 Å². The van der Waals surface area contributed by atoms with Crippen molar-refractivity contribution in [2.45, 2.75) is 241 Å². The summed E-state index contributed by atoms with van der Waals surface area (Å²) in [6, 6.07) is 29.4. The molecule has 0 spiro atoms. The monoisotopic (exact) mass is 1210 g/mol. The Balaban J connectivity index is 0.810. The molecule has 13 unspecified atom stereocenters. The molecule has 3 aromatic carbocycles. The van der Waals surface area contributed by atoms with Crippen molar-refractivity contribution in [3.05, 3.63) is 130 Å². The van der Waals surface area contributed by atoms with Crippen LogP contribution in [0.4, 0.5) is 0 Å². The van der Waals surface area contributed by atoms with E-state index in [4.69, 9.17) is 52.1 Å². The fourth-order valence-electron chi connectivity index (χ4n) is 18.9. The summed E-state index contributed by atoms with van der Waals surface area (Å²) in [5.41, 5.74) is 14.6. The number of hydrogen-bond acceptors (Lipinski definition) is 13. The second-order valence-electron chi connectivity index (χ2n) is 30.8.